The number of nitrogens with one attached hydrogen (secondary N) is 2. The van der Waals surface area contributed by atoms with E-state index in [0.29, 0.717) is 5.56 Å². The van der Waals surface area contributed by atoms with Crippen molar-refractivity contribution in [1.82, 2.24) is 10.6 Å². The molecule has 0 spiro atoms. The Hall–Kier alpha value is -2.79. The van der Waals surface area contributed by atoms with E-state index in [0.717, 1.165) is 24.3 Å². The molecule has 2 rings (SSSR count). The lowest BCUT2D eigenvalue weighted by atomic mass is 9.96. The van der Waals surface area contributed by atoms with Crippen LogP contribution in [-0.4, -0.2) is 37.3 Å². The van der Waals surface area contributed by atoms with E-state index in [2.05, 4.69) is 5.32 Å². The summed E-state index contributed by atoms with van der Waals surface area (Å²) >= 11 is 11.2. The first-order valence-corrected chi connectivity index (χ1v) is 10.5. The summed E-state index contributed by atoms with van der Waals surface area (Å²) in [5.41, 5.74) is 0.309. The van der Waals surface area contributed by atoms with Crippen molar-refractivity contribution >= 4 is 41.1 Å². The molecule has 35 heavy (non-hydrogen) atoms. The number of allylic oxidation sites excluding steroid dienone is 1. The highest BCUT2D eigenvalue weighted by atomic mass is 35.5. The number of amides is 2. The van der Waals surface area contributed by atoms with Crippen LogP contribution in [0, 0.1) is 12.7 Å². The number of halogens is 9. The predicted molar refractivity (Wildman–Crippen MR) is 117 cm³/mol. The third-order valence-corrected chi connectivity index (χ3v) is 5.14. The van der Waals surface area contributed by atoms with Crippen molar-refractivity contribution in [3.63, 3.8) is 0 Å². The van der Waals surface area contributed by atoms with Gasteiger partial charge in [0, 0.05) is 5.56 Å². The van der Waals surface area contributed by atoms with Crippen molar-refractivity contribution in [3.05, 3.63) is 74.5 Å². The van der Waals surface area contributed by atoms with E-state index in [-0.39, 0.29) is 16.7 Å². The van der Waals surface area contributed by atoms with Crippen molar-refractivity contribution in [1.29, 1.82) is 0 Å². The summed E-state index contributed by atoms with van der Waals surface area (Å²) < 4.78 is 90.7. The van der Waals surface area contributed by atoms with Crippen LogP contribution in [0.1, 0.15) is 33.0 Å². The smallest absolute Gasteiger partial charge is 0.345 e. The average Bonchev–Trinajstić information content (AvgIpc) is 2.73. The molecule has 190 valence electrons. The fraction of sp³-hybridized carbons (Fsp3) is 0.273. The fourth-order valence-electron chi connectivity index (χ4n) is 2.93. The number of alkyl halides is 6. The second-order valence-electron chi connectivity index (χ2n) is 7.33. The van der Waals surface area contributed by atoms with Gasteiger partial charge in [0.1, 0.15) is 6.54 Å². The van der Waals surface area contributed by atoms with Gasteiger partial charge in [0.05, 0.1) is 22.5 Å². The minimum absolute atomic E-state index is 0.0650. The Morgan fingerprint density at radius 3 is 2.11 bits per heavy atom. The lowest BCUT2D eigenvalue weighted by molar-refractivity contribution is -0.139. The van der Waals surface area contributed by atoms with Crippen molar-refractivity contribution in [2.75, 3.05) is 13.1 Å². The first-order valence-electron chi connectivity index (χ1n) is 9.70. The topological polar surface area (TPSA) is 58.2 Å². The van der Waals surface area contributed by atoms with Crippen molar-refractivity contribution in [3.8, 4) is 0 Å². The quantitative estimate of drug-likeness (QED) is 0.321. The molecule has 2 aromatic rings. The van der Waals surface area contributed by atoms with E-state index in [4.69, 9.17) is 23.2 Å². The van der Waals surface area contributed by atoms with Crippen LogP contribution < -0.4 is 10.6 Å². The van der Waals surface area contributed by atoms with Crippen molar-refractivity contribution in [2.45, 2.75) is 25.2 Å². The first-order chi connectivity index (χ1) is 16.1. The molecular weight excluding hydrogens is 528 g/mol. The molecule has 0 saturated carbocycles. The molecule has 2 aromatic carbocycles. The van der Waals surface area contributed by atoms with E-state index in [1.165, 1.54) is 25.1 Å². The average molecular weight is 545 g/mol. The molecule has 2 N–H and O–H groups in total. The molecule has 0 saturated heterocycles. The number of rotatable bonds is 7. The summed E-state index contributed by atoms with van der Waals surface area (Å²) in [5, 5.41) is 2.64. The maximum Gasteiger partial charge on any atom is 0.405 e. The van der Waals surface area contributed by atoms with Gasteiger partial charge in [-0.3, -0.25) is 9.59 Å². The number of benzene rings is 2. The van der Waals surface area contributed by atoms with Gasteiger partial charge < -0.3 is 10.6 Å². The number of aryl methyl sites for hydroxylation is 1. The highest BCUT2D eigenvalue weighted by Gasteiger charge is 2.39. The summed E-state index contributed by atoms with van der Waals surface area (Å²) in [5.74, 6) is -5.00. The molecule has 4 nitrogen and oxygen atoms in total. The summed E-state index contributed by atoms with van der Waals surface area (Å²) in [6, 6.07) is 5.67. The Balaban J connectivity index is 2.15. The zero-order chi connectivity index (χ0) is 26.6. The molecule has 0 aromatic heterocycles. The summed E-state index contributed by atoms with van der Waals surface area (Å²) in [7, 11) is 0. The minimum atomic E-state index is -4.75. The normalized spacial score (nSPS) is 13.1. The molecule has 0 fully saturated rings. The number of hydrogen-bond acceptors (Lipinski definition) is 2. The SMILES string of the molecule is Cc1cc(/C=C/C(c2cc(Cl)c(F)c(Cl)c2)C(F)(F)F)ccc1C(=O)NCC(=O)NCC(F)(F)F. The molecule has 13 heteroatoms. The second-order valence-corrected chi connectivity index (χ2v) is 8.14. The summed E-state index contributed by atoms with van der Waals surface area (Å²) in [6.45, 7) is -0.764. The molecule has 0 heterocycles. The van der Waals surface area contributed by atoms with Gasteiger partial charge >= 0.3 is 12.4 Å². The first kappa shape index (κ1) is 28.4. The van der Waals surface area contributed by atoms with Gasteiger partial charge in [-0.15, -0.1) is 0 Å². The Bertz CT molecular complexity index is 1110. The van der Waals surface area contributed by atoms with E-state index in [9.17, 15) is 40.3 Å². The molecule has 0 aliphatic heterocycles. The fourth-order valence-corrected chi connectivity index (χ4v) is 3.44. The van der Waals surface area contributed by atoms with Crippen LogP contribution in [0.25, 0.3) is 6.08 Å². The Morgan fingerprint density at radius 1 is 1.00 bits per heavy atom. The molecule has 1 atom stereocenters. The number of carbonyl (C=O) groups is 2. The monoisotopic (exact) mass is 544 g/mol. The Labute approximate surface area is 205 Å². The zero-order valence-electron chi connectivity index (χ0n) is 17.8. The standard InChI is InChI=1S/C22H17Cl2F7N2O2/c1-11-6-12(2-4-14(11)20(35)32-9-18(34)33-10-21(26,27)28)3-5-15(22(29,30)31)13-7-16(23)19(25)17(24)8-13/h2-8,15H,9-10H2,1H3,(H,32,35)(H,33,34)/b5-3+. The van der Waals surface area contributed by atoms with Gasteiger partial charge in [-0.05, 0) is 41.8 Å². The van der Waals surface area contributed by atoms with Crippen LogP contribution >= 0.6 is 23.2 Å². The van der Waals surface area contributed by atoms with Gasteiger partial charge in [-0.2, -0.15) is 26.3 Å². The van der Waals surface area contributed by atoms with Gasteiger partial charge in [-0.1, -0.05) is 47.5 Å². The highest BCUT2D eigenvalue weighted by molar-refractivity contribution is 6.35. The third kappa shape index (κ3) is 8.43. The number of hydrogen-bond donors (Lipinski definition) is 2. The molecule has 1 unspecified atom stereocenters. The van der Waals surface area contributed by atoms with Crippen LogP contribution in [0.2, 0.25) is 10.0 Å². The van der Waals surface area contributed by atoms with Crippen molar-refractivity contribution < 1.29 is 40.3 Å². The molecule has 0 bridgehead atoms. The molecule has 0 aliphatic carbocycles. The highest BCUT2D eigenvalue weighted by Crippen LogP contribution is 2.39. The van der Waals surface area contributed by atoms with Gasteiger partial charge in [0.15, 0.2) is 5.82 Å². The Morgan fingerprint density at radius 2 is 1.60 bits per heavy atom. The zero-order valence-corrected chi connectivity index (χ0v) is 19.3. The van der Waals surface area contributed by atoms with Gasteiger partial charge in [-0.25, -0.2) is 4.39 Å². The van der Waals surface area contributed by atoms with Gasteiger partial charge in [0.2, 0.25) is 5.91 Å². The maximum absolute atomic E-state index is 13.6. The van der Waals surface area contributed by atoms with Crippen LogP contribution in [0.3, 0.4) is 0 Å². The van der Waals surface area contributed by atoms with Crippen LogP contribution in [0.4, 0.5) is 30.7 Å². The molecule has 2 amide bonds. The molecule has 0 radical (unpaired) electrons. The Kier molecular flexibility index (Phi) is 9.18. The lowest BCUT2D eigenvalue weighted by Crippen LogP contribution is -2.41. The van der Waals surface area contributed by atoms with E-state index in [1.807, 2.05) is 0 Å². The summed E-state index contributed by atoms with van der Waals surface area (Å²) in [4.78, 5) is 23.6. The molecule has 0 aliphatic rings. The van der Waals surface area contributed by atoms with Crippen LogP contribution in [0.5, 0.6) is 0 Å². The third-order valence-electron chi connectivity index (χ3n) is 4.59. The van der Waals surface area contributed by atoms with Gasteiger partial charge in [0.25, 0.3) is 5.91 Å². The number of carbonyl (C=O) groups excluding carboxylic acids is 2. The maximum atomic E-state index is 13.6. The van der Waals surface area contributed by atoms with Crippen LogP contribution in [0.15, 0.2) is 36.4 Å². The molecular formula is C22H17Cl2F7N2O2. The van der Waals surface area contributed by atoms with Crippen molar-refractivity contribution in [2.24, 2.45) is 0 Å². The van der Waals surface area contributed by atoms with E-state index >= 15 is 0 Å². The lowest BCUT2D eigenvalue weighted by Gasteiger charge is -2.18. The largest absolute Gasteiger partial charge is 0.405 e. The second kappa shape index (κ2) is 11.3. The van der Waals surface area contributed by atoms with E-state index in [1.54, 1.807) is 5.32 Å². The summed E-state index contributed by atoms with van der Waals surface area (Å²) in [6.07, 6.45) is -7.38. The van der Waals surface area contributed by atoms with Crippen LogP contribution in [-0.2, 0) is 4.79 Å². The minimum Gasteiger partial charge on any atom is -0.345 e. The van der Waals surface area contributed by atoms with E-state index < -0.39 is 59.0 Å². The predicted octanol–water partition coefficient (Wildman–Crippen LogP) is 6.21.